The number of sulfonamides is 1. The molecular formula is C12H18N2O4S. The molecule has 0 saturated carbocycles. The van der Waals surface area contributed by atoms with E-state index in [1.54, 1.807) is 31.2 Å². The molecule has 6 nitrogen and oxygen atoms in total. The number of esters is 1. The van der Waals surface area contributed by atoms with Gasteiger partial charge in [0, 0.05) is 19.3 Å². The van der Waals surface area contributed by atoms with E-state index >= 15 is 0 Å². The van der Waals surface area contributed by atoms with Crippen molar-refractivity contribution in [2.75, 3.05) is 25.1 Å². The van der Waals surface area contributed by atoms with Crippen LogP contribution < -0.4 is 5.73 Å². The average Bonchev–Trinajstić information content (AvgIpc) is 2.31. The molecule has 0 heterocycles. The largest absolute Gasteiger partial charge is 0.465 e. The molecule has 0 aliphatic carbocycles. The Morgan fingerprint density at radius 1 is 1.37 bits per heavy atom. The van der Waals surface area contributed by atoms with Gasteiger partial charge in [-0.3, -0.25) is 4.79 Å². The maximum atomic E-state index is 11.9. The fourth-order valence-electron chi connectivity index (χ4n) is 1.48. The van der Waals surface area contributed by atoms with Gasteiger partial charge in [0.25, 0.3) is 0 Å². The van der Waals surface area contributed by atoms with E-state index in [2.05, 4.69) is 4.74 Å². The number of nitrogens with zero attached hydrogens (tertiary/aromatic N) is 1. The van der Waals surface area contributed by atoms with Gasteiger partial charge >= 0.3 is 5.97 Å². The molecule has 0 unspecified atom stereocenters. The van der Waals surface area contributed by atoms with Gasteiger partial charge in [-0.05, 0) is 18.6 Å². The molecule has 7 heteroatoms. The molecule has 0 aliphatic heterocycles. The number of para-hydroxylation sites is 1. The number of anilines is 1. The molecule has 1 rings (SSSR count). The first-order valence-corrected chi connectivity index (χ1v) is 7.40. The second-order valence-electron chi connectivity index (χ2n) is 4.02. The summed E-state index contributed by atoms with van der Waals surface area (Å²) in [6.45, 7) is 1.90. The minimum Gasteiger partial charge on any atom is -0.465 e. The highest BCUT2D eigenvalue weighted by Crippen LogP contribution is 2.14. The third-order valence-corrected chi connectivity index (χ3v) is 4.21. The highest BCUT2D eigenvalue weighted by Gasteiger charge is 2.23. The van der Waals surface area contributed by atoms with E-state index in [9.17, 15) is 13.2 Å². The maximum Gasteiger partial charge on any atom is 0.322 e. The third-order valence-electron chi connectivity index (χ3n) is 2.53. The Morgan fingerprint density at radius 3 is 2.58 bits per heavy atom. The van der Waals surface area contributed by atoms with Crippen molar-refractivity contribution in [3.05, 3.63) is 29.8 Å². The zero-order valence-electron chi connectivity index (χ0n) is 11.0. The third kappa shape index (κ3) is 4.53. The van der Waals surface area contributed by atoms with Crippen molar-refractivity contribution in [2.45, 2.75) is 13.5 Å². The second-order valence-corrected chi connectivity index (χ2v) is 6.09. The van der Waals surface area contributed by atoms with Crippen LogP contribution in [0.15, 0.2) is 24.3 Å². The van der Waals surface area contributed by atoms with Crippen LogP contribution in [0.4, 0.5) is 5.69 Å². The van der Waals surface area contributed by atoms with Crippen molar-refractivity contribution in [1.82, 2.24) is 4.31 Å². The van der Waals surface area contributed by atoms with Crippen molar-refractivity contribution >= 4 is 21.7 Å². The Morgan fingerprint density at radius 2 is 2.00 bits per heavy atom. The van der Waals surface area contributed by atoms with E-state index in [4.69, 9.17) is 5.73 Å². The molecule has 0 radical (unpaired) electrons. The number of nitrogen functional groups attached to an aromatic ring is 1. The lowest BCUT2D eigenvalue weighted by molar-refractivity contribution is -0.140. The van der Waals surface area contributed by atoms with Crippen LogP contribution in [-0.4, -0.2) is 38.1 Å². The van der Waals surface area contributed by atoms with Crippen molar-refractivity contribution in [2.24, 2.45) is 0 Å². The summed E-state index contributed by atoms with van der Waals surface area (Å²) in [6, 6.07) is 6.98. The zero-order valence-corrected chi connectivity index (χ0v) is 11.8. The fraction of sp³-hybridized carbons (Fsp3) is 0.417. The first kappa shape index (κ1) is 15.5. The minimum absolute atomic E-state index is 0.119. The molecular weight excluding hydrogens is 268 g/mol. The Labute approximate surface area is 113 Å². The lowest BCUT2D eigenvalue weighted by atomic mass is 10.2. The number of nitrogens with two attached hydrogens (primary N) is 1. The van der Waals surface area contributed by atoms with Gasteiger partial charge in [-0.1, -0.05) is 18.2 Å². The number of carbonyl (C=O) groups is 1. The van der Waals surface area contributed by atoms with Crippen LogP contribution >= 0.6 is 0 Å². The van der Waals surface area contributed by atoms with E-state index in [0.717, 1.165) is 4.31 Å². The smallest absolute Gasteiger partial charge is 0.322 e. The number of hydrogen-bond acceptors (Lipinski definition) is 5. The number of carbonyl (C=O) groups excluding carboxylic acids is 1. The van der Waals surface area contributed by atoms with Gasteiger partial charge in [0.1, 0.15) is 0 Å². The van der Waals surface area contributed by atoms with Crippen LogP contribution in [0.2, 0.25) is 0 Å². The first-order valence-electron chi connectivity index (χ1n) is 5.80. The number of rotatable bonds is 6. The maximum absolute atomic E-state index is 11.9. The molecule has 0 aromatic heterocycles. The Balaban J connectivity index is 2.74. The van der Waals surface area contributed by atoms with Crippen LogP contribution in [0.1, 0.15) is 12.5 Å². The van der Waals surface area contributed by atoms with Crippen LogP contribution in [0, 0.1) is 0 Å². The van der Waals surface area contributed by atoms with E-state index in [0.29, 0.717) is 11.3 Å². The predicted molar refractivity (Wildman–Crippen MR) is 72.7 cm³/mol. The molecule has 0 amide bonds. The quantitative estimate of drug-likeness (QED) is 0.610. The standard InChI is InChI=1S/C12H18N2O4S/c1-3-18-12(15)9-19(16,17)14(2)8-10-6-4-5-7-11(10)13/h4-7H,3,8-9,13H2,1-2H3. The molecule has 1 aromatic carbocycles. The first-order chi connectivity index (χ1) is 8.86. The highest BCUT2D eigenvalue weighted by molar-refractivity contribution is 7.89. The minimum atomic E-state index is -3.69. The van der Waals surface area contributed by atoms with Crippen LogP contribution in [-0.2, 0) is 26.1 Å². The van der Waals surface area contributed by atoms with Crippen LogP contribution in [0.5, 0.6) is 0 Å². The molecule has 0 spiro atoms. The van der Waals surface area contributed by atoms with Crippen molar-refractivity contribution in [3.8, 4) is 0 Å². The summed E-state index contributed by atoms with van der Waals surface area (Å²) in [5.41, 5.74) is 6.95. The van der Waals surface area contributed by atoms with Gasteiger partial charge in [0.05, 0.1) is 6.61 Å². The Bertz CT molecular complexity index is 542. The predicted octanol–water partition coefficient (Wildman–Crippen LogP) is 0.594. The van der Waals surface area contributed by atoms with Gasteiger partial charge in [-0.15, -0.1) is 0 Å². The topological polar surface area (TPSA) is 89.7 Å². The zero-order chi connectivity index (χ0) is 14.5. The van der Waals surface area contributed by atoms with Crippen molar-refractivity contribution < 1.29 is 17.9 Å². The van der Waals surface area contributed by atoms with E-state index < -0.39 is 21.7 Å². The van der Waals surface area contributed by atoms with E-state index in [-0.39, 0.29) is 13.2 Å². The van der Waals surface area contributed by atoms with Gasteiger partial charge in [0.2, 0.25) is 10.0 Å². The number of benzene rings is 1. The fourth-order valence-corrected chi connectivity index (χ4v) is 2.42. The van der Waals surface area contributed by atoms with Gasteiger partial charge < -0.3 is 10.5 Å². The molecule has 19 heavy (non-hydrogen) atoms. The summed E-state index contributed by atoms with van der Waals surface area (Å²) >= 11 is 0. The summed E-state index contributed by atoms with van der Waals surface area (Å²) in [7, 11) is -2.29. The molecule has 2 N–H and O–H groups in total. The van der Waals surface area contributed by atoms with Crippen LogP contribution in [0.3, 0.4) is 0 Å². The van der Waals surface area contributed by atoms with Gasteiger partial charge in [-0.2, -0.15) is 0 Å². The van der Waals surface area contributed by atoms with E-state index in [1.165, 1.54) is 7.05 Å². The number of hydrogen-bond donors (Lipinski definition) is 1. The lowest BCUT2D eigenvalue weighted by Gasteiger charge is -2.17. The number of ether oxygens (including phenoxy) is 1. The Hall–Kier alpha value is -1.60. The summed E-state index contributed by atoms with van der Waals surface area (Å²) in [4.78, 5) is 11.2. The van der Waals surface area contributed by atoms with E-state index in [1.807, 2.05) is 0 Å². The van der Waals surface area contributed by atoms with Crippen molar-refractivity contribution in [1.29, 1.82) is 0 Å². The summed E-state index contributed by atoms with van der Waals surface area (Å²) in [5, 5.41) is 0. The average molecular weight is 286 g/mol. The molecule has 0 saturated heterocycles. The molecule has 0 fully saturated rings. The monoisotopic (exact) mass is 286 g/mol. The molecule has 0 atom stereocenters. The molecule has 0 aliphatic rings. The molecule has 106 valence electrons. The normalized spacial score (nSPS) is 11.5. The van der Waals surface area contributed by atoms with Gasteiger partial charge in [-0.25, -0.2) is 12.7 Å². The summed E-state index contributed by atoms with van der Waals surface area (Å²) in [6.07, 6.45) is 0. The van der Waals surface area contributed by atoms with Crippen molar-refractivity contribution in [3.63, 3.8) is 0 Å². The van der Waals surface area contributed by atoms with Gasteiger partial charge in [0.15, 0.2) is 5.75 Å². The Kier molecular flexibility index (Phi) is 5.31. The summed E-state index contributed by atoms with van der Waals surface area (Å²) in [5.74, 6) is -1.42. The van der Waals surface area contributed by atoms with Crippen LogP contribution in [0.25, 0.3) is 0 Å². The second kappa shape index (κ2) is 6.53. The molecule has 1 aromatic rings. The summed E-state index contributed by atoms with van der Waals surface area (Å²) < 4.78 is 29.6. The lowest BCUT2D eigenvalue weighted by Crippen LogP contribution is -2.32. The SMILES string of the molecule is CCOC(=O)CS(=O)(=O)N(C)Cc1ccccc1N. The highest BCUT2D eigenvalue weighted by atomic mass is 32.2. The molecule has 0 bridgehead atoms.